The second-order valence-electron chi connectivity index (χ2n) is 17.4. The molecule has 0 radical (unpaired) electrons. The fourth-order valence-electron chi connectivity index (χ4n) is 6.50. The summed E-state index contributed by atoms with van der Waals surface area (Å²) in [7, 11) is 1.03. The first-order valence-corrected chi connectivity index (χ1v) is 21.0. The average molecular weight is 827 g/mol. The third-order valence-electron chi connectivity index (χ3n) is 9.53. The minimum Gasteiger partial charge on any atom is -0.497 e. The van der Waals surface area contributed by atoms with Gasteiger partial charge in [0.1, 0.15) is 40.1 Å². The Kier molecular flexibility index (Phi) is 13.2. The first-order valence-electron chi connectivity index (χ1n) is 19.9. The van der Waals surface area contributed by atoms with Crippen LogP contribution >= 0.6 is 8.60 Å². The van der Waals surface area contributed by atoms with Crippen LogP contribution < -0.4 is 27.8 Å². The minimum atomic E-state index is -2.19. The maximum atomic E-state index is 13.5. The van der Waals surface area contributed by atoms with Gasteiger partial charge in [0.15, 0.2) is 0 Å². The van der Waals surface area contributed by atoms with Gasteiger partial charge >= 0.3 is 14.8 Å². The zero-order chi connectivity index (χ0) is 43.2. The molecule has 0 saturated heterocycles. The predicted molar refractivity (Wildman–Crippen MR) is 242 cm³/mol. The quantitative estimate of drug-likeness (QED) is 0.0685. The number of ether oxygens (including phenoxy) is 4. The summed E-state index contributed by atoms with van der Waals surface area (Å²) in [5.41, 5.74) is 5.12. The zero-order valence-electron chi connectivity index (χ0n) is 36.4. The van der Waals surface area contributed by atoms with Crippen molar-refractivity contribution < 1.29 is 37.3 Å². The van der Waals surface area contributed by atoms with E-state index >= 15 is 0 Å². The molecule has 60 heavy (non-hydrogen) atoms. The first-order chi connectivity index (χ1) is 28.4. The lowest BCUT2D eigenvalue weighted by Crippen LogP contribution is -2.27. The van der Waals surface area contributed by atoms with E-state index in [0.717, 1.165) is 33.4 Å². The van der Waals surface area contributed by atoms with E-state index in [1.807, 2.05) is 130 Å². The van der Waals surface area contributed by atoms with Gasteiger partial charge in [-0.2, -0.15) is 0 Å². The lowest BCUT2D eigenvalue weighted by molar-refractivity contribution is 0.0203. The highest BCUT2D eigenvalue weighted by Gasteiger charge is 2.34. The lowest BCUT2D eigenvalue weighted by atomic mass is 9.81. The summed E-state index contributed by atoms with van der Waals surface area (Å²) >= 11 is 0. The van der Waals surface area contributed by atoms with Gasteiger partial charge in [-0.1, -0.05) is 126 Å². The van der Waals surface area contributed by atoms with Gasteiger partial charge in [-0.15, -0.1) is 0 Å². The van der Waals surface area contributed by atoms with E-state index in [-0.39, 0.29) is 0 Å². The van der Waals surface area contributed by atoms with E-state index in [1.54, 1.807) is 35.0 Å². The van der Waals surface area contributed by atoms with Crippen molar-refractivity contribution in [3.63, 3.8) is 0 Å². The molecule has 0 N–H and O–H groups in total. The van der Waals surface area contributed by atoms with Crippen LogP contribution in [0.2, 0.25) is 0 Å². The van der Waals surface area contributed by atoms with Gasteiger partial charge in [-0.25, -0.2) is 4.79 Å². The van der Waals surface area contributed by atoms with E-state index < -0.39 is 31.2 Å². The van der Waals surface area contributed by atoms with Crippen LogP contribution in [-0.4, -0.2) is 26.0 Å². The maximum Gasteiger partial charge on any atom is 0.530 e. The molecule has 312 valence electrons. The predicted octanol–water partition coefficient (Wildman–Crippen LogP) is 14.4. The SMILES string of the molecule is COc1cc(-c2cc(OC)cc(C(C)(C)C)c2OP(Oc2ccc(-c3ccccc3)cc2)Oc2ccc(-c3ccccc3)cc2)c(OC(=O)OC(C)(C)C)c(C(C)(C)C)c1. The molecular formula is C51H55O8P. The monoisotopic (exact) mass is 826 g/mol. The minimum absolute atomic E-state index is 0.301. The average Bonchev–Trinajstić information content (AvgIpc) is 3.20. The van der Waals surface area contributed by atoms with Crippen molar-refractivity contribution >= 4 is 14.8 Å². The largest absolute Gasteiger partial charge is 0.530 e. The number of carbonyl (C=O) groups is 1. The van der Waals surface area contributed by atoms with Crippen molar-refractivity contribution in [1.82, 2.24) is 0 Å². The van der Waals surface area contributed by atoms with Crippen molar-refractivity contribution in [1.29, 1.82) is 0 Å². The molecule has 0 amide bonds. The van der Waals surface area contributed by atoms with Gasteiger partial charge in [0, 0.05) is 22.3 Å². The summed E-state index contributed by atoms with van der Waals surface area (Å²) in [6, 6.07) is 43.5. The smallest absolute Gasteiger partial charge is 0.497 e. The van der Waals surface area contributed by atoms with Gasteiger partial charge in [0.25, 0.3) is 0 Å². The topological polar surface area (TPSA) is 81.7 Å². The Labute approximate surface area is 356 Å². The van der Waals surface area contributed by atoms with Gasteiger partial charge in [0.2, 0.25) is 0 Å². The molecule has 0 fully saturated rings. The van der Waals surface area contributed by atoms with Crippen molar-refractivity contribution in [2.24, 2.45) is 0 Å². The molecule has 0 aliphatic heterocycles. The molecule has 0 unspecified atom stereocenters. The van der Waals surface area contributed by atoms with Crippen molar-refractivity contribution in [2.45, 2.75) is 78.7 Å². The van der Waals surface area contributed by atoms with E-state index in [0.29, 0.717) is 45.6 Å². The fourth-order valence-corrected chi connectivity index (χ4v) is 7.54. The highest BCUT2D eigenvalue weighted by Crippen LogP contribution is 2.53. The maximum absolute atomic E-state index is 13.5. The van der Waals surface area contributed by atoms with Gasteiger partial charge in [-0.3, -0.25) is 0 Å². The Morgan fingerprint density at radius 3 is 1.22 bits per heavy atom. The van der Waals surface area contributed by atoms with Crippen molar-refractivity contribution in [3.05, 3.63) is 145 Å². The Bertz CT molecular complexity index is 2290. The van der Waals surface area contributed by atoms with Crippen LogP contribution in [0.3, 0.4) is 0 Å². The third kappa shape index (κ3) is 11.0. The van der Waals surface area contributed by atoms with Gasteiger partial charge in [0.05, 0.1) is 14.2 Å². The molecule has 6 aromatic rings. The summed E-state index contributed by atoms with van der Waals surface area (Å²) in [6.45, 7) is 17.8. The van der Waals surface area contributed by atoms with Crippen molar-refractivity contribution in [3.8, 4) is 67.9 Å². The molecule has 0 atom stereocenters. The number of hydrogen-bond donors (Lipinski definition) is 0. The van der Waals surface area contributed by atoms with Crippen LogP contribution in [0, 0.1) is 0 Å². The van der Waals surface area contributed by atoms with E-state index in [9.17, 15) is 4.79 Å². The molecule has 0 saturated carbocycles. The molecule has 0 heterocycles. The number of carbonyl (C=O) groups excluding carboxylic acids is 1. The van der Waals surface area contributed by atoms with Gasteiger partial charge < -0.3 is 32.5 Å². The number of methoxy groups -OCH3 is 2. The summed E-state index contributed by atoms with van der Waals surface area (Å²) in [5, 5.41) is 0. The molecule has 9 heteroatoms. The molecule has 0 spiro atoms. The Balaban J connectivity index is 1.52. The summed E-state index contributed by atoms with van der Waals surface area (Å²) in [4.78, 5) is 13.5. The molecule has 8 nitrogen and oxygen atoms in total. The second kappa shape index (κ2) is 18.1. The van der Waals surface area contributed by atoms with Crippen LogP contribution in [0.4, 0.5) is 4.79 Å². The normalized spacial score (nSPS) is 11.8. The zero-order valence-corrected chi connectivity index (χ0v) is 37.3. The molecule has 6 rings (SSSR count). The molecule has 6 aromatic carbocycles. The Hall–Kier alpha value is -5.98. The Morgan fingerprint density at radius 1 is 0.450 bits per heavy atom. The van der Waals surface area contributed by atoms with E-state index in [2.05, 4.69) is 45.0 Å². The number of benzene rings is 6. The number of hydrogen-bond acceptors (Lipinski definition) is 8. The fraction of sp³-hybridized carbons (Fsp3) is 0.275. The Morgan fingerprint density at radius 2 is 0.833 bits per heavy atom. The highest BCUT2D eigenvalue weighted by atomic mass is 31.2. The summed E-state index contributed by atoms with van der Waals surface area (Å²) < 4.78 is 44.1. The third-order valence-corrected chi connectivity index (χ3v) is 10.6. The number of rotatable bonds is 12. The van der Waals surface area contributed by atoms with E-state index in [4.69, 9.17) is 32.5 Å². The summed E-state index contributed by atoms with van der Waals surface area (Å²) in [6.07, 6.45) is -0.840. The standard InChI is InChI=1S/C51H55O8P/c1-49(2,3)44-32-40(53-10)30-42(46(44)55-48(52)56-51(7,8)9)43-31-41(54-11)33-45(50(4,5)6)47(43)59-60(57-38-26-22-36(23-27-38)34-18-14-12-15-19-34)58-39-28-24-37(25-29-39)35-20-16-13-17-21-35/h12-33H,1-11H3. The van der Waals surface area contributed by atoms with Crippen LogP contribution in [0.25, 0.3) is 33.4 Å². The van der Waals surface area contributed by atoms with Crippen molar-refractivity contribution in [2.75, 3.05) is 14.2 Å². The van der Waals surface area contributed by atoms with Crippen LogP contribution in [0.5, 0.6) is 34.5 Å². The van der Waals surface area contributed by atoms with Crippen LogP contribution in [0.15, 0.2) is 133 Å². The van der Waals surface area contributed by atoms with E-state index in [1.165, 1.54) is 0 Å². The molecule has 0 aromatic heterocycles. The molecule has 0 aliphatic rings. The van der Waals surface area contributed by atoms with Gasteiger partial charge in [-0.05, 0) is 102 Å². The summed E-state index contributed by atoms with van der Waals surface area (Å²) in [5.74, 6) is 3.00. The molecule has 0 bridgehead atoms. The first kappa shape index (κ1) is 43.6. The van der Waals surface area contributed by atoms with Crippen LogP contribution in [0.1, 0.15) is 73.4 Å². The van der Waals surface area contributed by atoms with Crippen LogP contribution in [-0.2, 0) is 15.6 Å². The second-order valence-corrected chi connectivity index (χ2v) is 18.4. The lowest BCUT2D eigenvalue weighted by Gasteiger charge is -2.30. The molecule has 0 aliphatic carbocycles. The molecular weight excluding hydrogens is 772 g/mol. The highest BCUT2D eigenvalue weighted by molar-refractivity contribution is 7.43.